The number of carbonyl (C=O) groups excluding carboxylic acids is 4. The number of hydrogen-bond donors (Lipinski definition) is 9. The Labute approximate surface area is 295 Å². The summed E-state index contributed by atoms with van der Waals surface area (Å²) in [7, 11) is 1.37. The fourth-order valence-electron chi connectivity index (χ4n) is 5.70. The number of aliphatic hydroxyl groups is 1. The van der Waals surface area contributed by atoms with E-state index >= 15 is 0 Å². The molecule has 19 nitrogen and oxygen atoms in total. The number of hydrogen-bond acceptors (Lipinski definition) is 10. The number of para-hydroxylation sites is 1. The van der Waals surface area contributed by atoms with Crippen molar-refractivity contribution in [3.63, 3.8) is 0 Å². The minimum absolute atomic E-state index is 0.0615. The SMILES string of the molecule is C[C@H](N)C(=O)N(C)[C@@H](C)[C@H](NC(=O)[C@H](C)NC(=O)N[C@@H](Cc1c[nH]c2ccccc12)C(=O)O)C(=O)NCC1CC(O)C(n2cc(F)c(=O)[nH]c2=O)O1. The summed E-state index contributed by atoms with van der Waals surface area (Å²) >= 11 is 0. The Morgan fingerprint density at radius 1 is 1.10 bits per heavy atom. The number of nitrogens with zero attached hydrogens (tertiary/aromatic N) is 2. The summed E-state index contributed by atoms with van der Waals surface area (Å²) in [6.45, 7) is 3.95. The molecule has 8 atom stereocenters. The third-order valence-corrected chi connectivity index (χ3v) is 8.72. The van der Waals surface area contributed by atoms with E-state index in [-0.39, 0.29) is 19.4 Å². The summed E-state index contributed by atoms with van der Waals surface area (Å²) in [6, 6.07) is 0.221. The summed E-state index contributed by atoms with van der Waals surface area (Å²) in [4.78, 5) is 93.9. The van der Waals surface area contributed by atoms with Gasteiger partial charge in [-0.2, -0.15) is 4.39 Å². The normalized spacial score (nSPS) is 19.9. The molecule has 1 aliphatic rings. The number of aliphatic carboxylic acids is 1. The molecule has 3 heterocycles. The fourth-order valence-corrected chi connectivity index (χ4v) is 5.70. The predicted molar refractivity (Wildman–Crippen MR) is 181 cm³/mol. The highest BCUT2D eigenvalue weighted by atomic mass is 19.1. The van der Waals surface area contributed by atoms with E-state index in [1.54, 1.807) is 23.3 Å². The van der Waals surface area contributed by atoms with Crippen LogP contribution in [0.1, 0.15) is 39.0 Å². The number of ether oxygens (including phenoxy) is 1. The van der Waals surface area contributed by atoms with E-state index in [0.717, 1.165) is 15.8 Å². The molecule has 1 aliphatic heterocycles. The first kappa shape index (κ1) is 39.2. The van der Waals surface area contributed by atoms with Gasteiger partial charge in [0.25, 0.3) is 5.56 Å². The largest absolute Gasteiger partial charge is 0.480 e. The number of aromatic amines is 2. The molecule has 52 heavy (non-hydrogen) atoms. The monoisotopic (exact) mass is 731 g/mol. The van der Waals surface area contributed by atoms with Crippen LogP contribution in [0.2, 0.25) is 0 Å². The van der Waals surface area contributed by atoms with Crippen LogP contribution in [0.5, 0.6) is 0 Å². The van der Waals surface area contributed by atoms with Gasteiger partial charge in [-0.05, 0) is 32.4 Å². The number of nitrogens with one attached hydrogen (secondary N) is 6. The molecule has 1 aromatic carbocycles. The van der Waals surface area contributed by atoms with Crippen LogP contribution >= 0.6 is 0 Å². The van der Waals surface area contributed by atoms with Gasteiger partial charge in [0.2, 0.25) is 23.5 Å². The number of halogens is 1. The zero-order chi connectivity index (χ0) is 38.4. The number of fused-ring (bicyclic) bond motifs is 1. The summed E-state index contributed by atoms with van der Waals surface area (Å²) in [6.07, 6.45) is -1.55. The Balaban J connectivity index is 1.41. The lowest BCUT2D eigenvalue weighted by Gasteiger charge is -2.33. The van der Waals surface area contributed by atoms with Crippen molar-refractivity contribution in [2.24, 2.45) is 5.73 Å². The van der Waals surface area contributed by atoms with Crippen LogP contribution in [-0.4, -0.2) is 115 Å². The molecule has 3 unspecified atom stereocenters. The molecule has 3 aromatic rings. The molecule has 20 heteroatoms. The highest BCUT2D eigenvalue weighted by Crippen LogP contribution is 2.27. The number of H-pyrrole nitrogens is 2. The fraction of sp³-hybridized carbons (Fsp3) is 0.469. The van der Waals surface area contributed by atoms with E-state index < -0.39 is 95.4 Å². The van der Waals surface area contributed by atoms with Gasteiger partial charge in [0.15, 0.2) is 6.23 Å². The number of aliphatic hydroxyl groups excluding tert-OH is 1. The number of aromatic nitrogens is 3. The number of nitrogens with two attached hydrogens (primary N) is 1. The van der Waals surface area contributed by atoms with Gasteiger partial charge in [-0.25, -0.2) is 14.4 Å². The first-order valence-electron chi connectivity index (χ1n) is 16.3. The van der Waals surface area contributed by atoms with E-state index in [1.165, 1.54) is 27.8 Å². The minimum Gasteiger partial charge on any atom is -0.480 e. The summed E-state index contributed by atoms with van der Waals surface area (Å²) in [5.41, 5.74) is 4.91. The minimum atomic E-state index is -1.43. The molecule has 0 saturated carbocycles. The zero-order valence-electron chi connectivity index (χ0n) is 28.7. The van der Waals surface area contributed by atoms with Crippen molar-refractivity contribution in [3.8, 4) is 0 Å². The van der Waals surface area contributed by atoms with Crippen molar-refractivity contribution < 1.29 is 43.3 Å². The van der Waals surface area contributed by atoms with Crippen LogP contribution in [0.25, 0.3) is 10.9 Å². The van der Waals surface area contributed by atoms with Crippen LogP contribution in [-0.2, 0) is 30.3 Å². The third-order valence-electron chi connectivity index (χ3n) is 8.72. The average molecular weight is 732 g/mol. The number of urea groups is 1. The van der Waals surface area contributed by atoms with Gasteiger partial charge in [0.05, 0.1) is 24.4 Å². The van der Waals surface area contributed by atoms with Gasteiger partial charge >= 0.3 is 17.7 Å². The molecule has 1 saturated heterocycles. The number of amides is 5. The molecule has 2 aromatic heterocycles. The Hall–Kier alpha value is -5.60. The van der Waals surface area contributed by atoms with Crippen molar-refractivity contribution in [1.82, 2.24) is 40.7 Å². The van der Waals surface area contributed by atoms with Crippen molar-refractivity contribution in [1.29, 1.82) is 0 Å². The summed E-state index contributed by atoms with van der Waals surface area (Å²) in [5.74, 6) is -4.81. The second kappa shape index (κ2) is 16.6. The Bertz CT molecular complexity index is 1930. The van der Waals surface area contributed by atoms with Crippen molar-refractivity contribution in [2.75, 3.05) is 13.6 Å². The Morgan fingerprint density at radius 2 is 1.79 bits per heavy atom. The van der Waals surface area contributed by atoms with Gasteiger partial charge in [-0.15, -0.1) is 0 Å². The van der Waals surface area contributed by atoms with Crippen LogP contribution in [0.15, 0.2) is 46.2 Å². The lowest BCUT2D eigenvalue weighted by molar-refractivity contribution is -0.139. The Morgan fingerprint density at radius 3 is 2.46 bits per heavy atom. The first-order valence-corrected chi connectivity index (χ1v) is 16.3. The number of carboxylic acid groups (broad SMARTS) is 1. The van der Waals surface area contributed by atoms with Crippen LogP contribution < -0.4 is 38.2 Å². The molecule has 1 fully saturated rings. The predicted octanol–water partition coefficient (Wildman–Crippen LogP) is -2.02. The first-order chi connectivity index (χ1) is 24.5. The third kappa shape index (κ3) is 9.19. The van der Waals surface area contributed by atoms with E-state index in [0.29, 0.717) is 16.3 Å². The van der Waals surface area contributed by atoms with Gasteiger partial charge < -0.3 is 51.8 Å². The van der Waals surface area contributed by atoms with Crippen LogP contribution in [0.3, 0.4) is 0 Å². The van der Waals surface area contributed by atoms with E-state index in [2.05, 4.69) is 26.3 Å². The molecular weight excluding hydrogens is 689 g/mol. The molecule has 0 aliphatic carbocycles. The maximum absolute atomic E-state index is 13.8. The Kier molecular flexibility index (Phi) is 12.5. The van der Waals surface area contributed by atoms with Crippen LogP contribution in [0.4, 0.5) is 9.18 Å². The van der Waals surface area contributed by atoms with Crippen molar-refractivity contribution in [3.05, 3.63) is 68.9 Å². The summed E-state index contributed by atoms with van der Waals surface area (Å²) < 4.78 is 20.2. The molecule has 4 rings (SSSR count). The quantitative estimate of drug-likeness (QED) is 0.0873. The van der Waals surface area contributed by atoms with Crippen LogP contribution in [0, 0.1) is 5.82 Å². The number of carbonyl (C=O) groups is 5. The number of carboxylic acids is 1. The molecule has 282 valence electrons. The highest BCUT2D eigenvalue weighted by Gasteiger charge is 2.38. The lowest BCUT2D eigenvalue weighted by atomic mass is 10.1. The zero-order valence-corrected chi connectivity index (χ0v) is 28.7. The summed E-state index contributed by atoms with van der Waals surface area (Å²) in [5, 5.41) is 30.8. The second-order valence-electron chi connectivity index (χ2n) is 12.6. The number of likely N-dealkylation sites (N-methyl/N-ethyl adjacent to an activating group) is 1. The molecular formula is C32H42FN9O10. The van der Waals surface area contributed by atoms with Gasteiger partial charge in [-0.1, -0.05) is 18.2 Å². The molecule has 0 bridgehead atoms. The van der Waals surface area contributed by atoms with Gasteiger partial charge in [0, 0.05) is 43.5 Å². The smallest absolute Gasteiger partial charge is 0.330 e. The molecule has 0 spiro atoms. The number of benzene rings is 1. The lowest BCUT2D eigenvalue weighted by Crippen LogP contribution is -2.62. The maximum Gasteiger partial charge on any atom is 0.330 e. The maximum atomic E-state index is 13.8. The van der Waals surface area contributed by atoms with E-state index in [4.69, 9.17) is 10.5 Å². The topological polar surface area (TPSA) is 283 Å². The standard InChI is InChI=1S/C32H42FN9O10/c1-14(34)28(47)41(4)16(3)24(27(46)36-12-18-10-23(43)29(52-18)42-13-20(33)26(45)40-32(42)51)39-25(44)15(2)37-31(50)38-22(30(48)49)9-17-11-35-21-8-6-5-7-19(17)21/h5-8,11,13-16,18,22-24,29,35,43H,9-10,12,34H2,1-4H3,(H,36,46)(H,39,44)(H,48,49)(H2,37,38,50)(H,40,45,51)/t14-,15-,16-,18?,22-,23?,24-,29?/m0/s1. The molecule has 5 amide bonds. The van der Waals surface area contributed by atoms with Crippen molar-refractivity contribution in [2.45, 2.75) is 82.3 Å². The number of rotatable bonds is 14. The van der Waals surface area contributed by atoms with Crippen molar-refractivity contribution >= 4 is 40.6 Å². The second-order valence-corrected chi connectivity index (χ2v) is 12.6. The van der Waals surface area contributed by atoms with E-state index in [1.807, 2.05) is 12.1 Å². The van der Waals surface area contributed by atoms with Gasteiger partial charge in [0.1, 0.15) is 24.2 Å². The highest BCUT2D eigenvalue weighted by molar-refractivity contribution is 5.93. The molecule has 0 radical (unpaired) electrons. The van der Waals surface area contributed by atoms with Gasteiger partial charge in [-0.3, -0.25) is 28.7 Å². The molecule has 10 N–H and O–H groups in total. The van der Waals surface area contributed by atoms with E-state index in [9.17, 15) is 48.2 Å². The average Bonchev–Trinajstić information content (AvgIpc) is 3.68.